The van der Waals surface area contributed by atoms with E-state index in [0.29, 0.717) is 23.0 Å². The minimum atomic E-state index is -0.173. The first kappa shape index (κ1) is 19.5. The van der Waals surface area contributed by atoms with Crippen molar-refractivity contribution >= 4 is 16.7 Å². The highest BCUT2D eigenvalue weighted by atomic mass is 16.2. The number of hydrogen-bond acceptors (Lipinski definition) is 3. The summed E-state index contributed by atoms with van der Waals surface area (Å²) in [6.45, 7) is 10.2. The first-order valence-electron chi connectivity index (χ1n) is 10.1. The lowest BCUT2D eigenvalue weighted by atomic mass is 10.0. The van der Waals surface area contributed by atoms with Crippen LogP contribution in [0.1, 0.15) is 50.5 Å². The minimum Gasteiger partial charge on any atom is -0.347 e. The van der Waals surface area contributed by atoms with Gasteiger partial charge < -0.3 is 10.2 Å². The third-order valence-corrected chi connectivity index (χ3v) is 5.25. The summed E-state index contributed by atoms with van der Waals surface area (Å²) < 4.78 is 1.44. The minimum absolute atomic E-state index is 0.132. The maximum atomic E-state index is 13.0. The smallest absolute Gasteiger partial charge is 0.274 e. The lowest BCUT2D eigenvalue weighted by Gasteiger charge is -2.29. The summed E-state index contributed by atoms with van der Waals surface area (Å²) in [5.74, 6) is 0.103. The van der Waals surface area contributed by atoms with E-state index in [1.807, 2.05) is 32.0 Å². The third-order valence-electron chi connectivity index (χ3n) is 5.25. The fourth-order valence-electron chi connectivity index (χ4n) is 3.90. The molecule has 0 atom stereocenters. The van der Waals surface area contributed by atoms with Crippen LogP contribution < -0.4 is 15.8 Å². The first-order chi connectivity index (χ1) is 13.0. The second-order valence-corrected chi connectivity index (χ2v) is 8.02. The highest BCUT2D eigenvalue weighted by Gasteiger charge is 2.25. The average Bonchev–Trinajstić information content (AvgIpc) is 2.65. The Kier molecular flexibility index (Phi) is 6.26. The zero-order chi connectivity index (χ0) is 19.4. The Balaban J connectivity index is 1.84. The molecule has 1 aromatic carbocycles. The lowest BCUT2D eigenvalue weighted by molar-refractivity contribution is -0.905. The van der Waals surface area contributed by atoms with E-state index >= 15 is 0 Å². The molecule has 6 nitrogen and oxygen atoms in total. The number of hydrogen-bond donors (Lipinski definition) is 2. The molecule has 3 rings (SSSR count). The number of nitrogens with zero attached hydrogens (tertiary/aromatic N) is 2. The van der Waals surface area contributed by atoms with Gasteiger partial charge in [-0.3, -0.25) is 9.59 Å². The van der Waals surface area contributed by atoms with Gasteiger partial charge in [0, 0.05) is 30.8 Å². The highest BCUT2D eigenvalue weighted by Crippen LogP contribution is 2.14. The standard InChI is InChI=1S/C21H30N4O2/c1-4-11-24-12-9-16(10-13-24)22-20(26)19-17-7-5-6-8-18(17)21(27)25(23-19)14-15(2)3/h5-8,15-16H,4,9-14H2,1-3H3,(H,22,26)/p+1. The lowest BCUT2D eigenvalue weighted by Crippen LogP contribution is -3.13. The molecule has 0 unspecified atom stereocenters. The molecule has 0 radical (unpaired) electrons. The third kappa shape index (κ3) is 4.56. The summed E-state index contributed by atoms with van der Waals surface area (Å²) in [5.41, 5.74) is 0.224. The number of piperidine rings is 1. The predicted molar refractivity (Wildman–Crippen MR) is 107 cm³/mol. The number of carbonyl (C=O) groups is 1. The Hall–Kier alpha value is -2.21. The number of carbonyl (C=O) groups excluding carboxylic acids is 1. The van der Waals surface area contributed by atoms with Crippen LogP contribution in [0.15, 0.2) is 29.1 Å². The second kappa shape index (κ2) is 8.65. The van der Waals surface area contributed by atoms with Crippen LogP contribution in [0, 0.1) is 5.92 Å². The molecule has 1 aromatic heterocycles. The van der Waals surface area contributed by atoms with Gasteiger partial charge in [0.25, 0.3) is 11.5 Å². The summed E-state index contributed by atoms with van der Waals surface area (Å²) in [7, 11) is 0. The Labute approximate surface area is 160 Å². The van der Waals surface area contributed by atoms with Gasteiger partial charge in [-0.1, -0.05) is 39.0 Å². The van der Waals surface area contributed by atoms with E-state index in [-0.39, 0.29) is 23.4 Å². The van der Waals surface area contributed by atoms with Crippen molar-refractivity contribution in [1.29, 1.82) is 0 Å². The zero-order valence-electron chi connectivity index (χ0n) is 16.6. The normalized spacial score (nSPS) is 20.1. The molecule has 1 saturated heterocycles. The van der Waals surface area contributed by atoms with Gasteiger partial charge >= 0.3 is 0 Å². The molecule has 0 spiro atoms. The van der Waals surface area contributed by atoms with Crippen LogP contribution in [-0.2, 0) is 6.54 Å². The molecule has 2 N–H and O–H groups in total. The number of aromatic nitrogens is 2. The van der Waals surface area contributed by atoms with Gasteiger partial charge in [-0.15, -0.1) is 0 Å². The first-order valence-corrected chi connectivity index (χ1v) is 10.1. The molecule has 1 aliphatic rings. The number of nitrogens with one attached hydrogen (secondary N) is 2. The number of fused-ring (bicyclic) bond motifs is 1. The average molecular weight is 372 g/mol. The van der Waals surface area contributed by atoms with Crippen molar-refractivity contribution in [3.05, 3.63) is 40.3 Å². The fraction of sp³-hybridized carbons (Fsp3) is 0.571. The van der Waals surface area contributed by atoms with E-state index < -0.39 is 0 Å². The summed E-state index contributed by atoms with van der Waals surface area (Å²) in [5, 5.41) is 8.79. The highest BCUT2D eigenvalue weighted by molar-refractivity contribution is 6.04. The van der Waals surface area contributed by atoms with Crippen molar-refractivity contribution in [2.45, 2.75) is 52.6 Å². The van der Waals surface area contributed by atoms with Crippen LogP contribution in [0.4, 0.5) is 0 Å². The predicted octanol–water partition coefficient (Wildman–Crippen LogP) is 1.24. The van der Waals surface area contributed by atoms with Crippen LogP contribution in [0.25, 0.3) is 10.8 Å². The molecule has 0 saturated carbocycles. The van der Waals surface area contributed by atoms with E-state index in [1.165, 1.54) is 17.6 Å². The van der Waals surface area contributed by atoms with E-state index in [4.69, 9.17) is 0 Å². The van der Waals surface area contributed by atoms with Crippen molar-refractivity contribution < 1.29 is 9.69 Å². The molecular weight excluding hydrogens is 340 g/mol. The maximum absolute atomic E-state index is 13.0. The van der Waals surface area contributed by atoms with Gasteiger partial charge in [0.15, 0.2) is 5.69 Å². The molecule has 1 amide bonds. The molecule has 2 heterocycles. The van der Waals surface area contributed by atoms with Crippen LogP contribution in [0.5, 0.6) is 0 Å². The van der Waals surface area contributed by atoms with Crippen LogP contribution in [0.3, 0.4) is 0 Å². The molecule has 2 aromatic rings. The Morgan fingerprint density at radius 1 is 1.26 bits per heavy atom. The number of quaternary nitrogens is 1. The molecule has 0 bridgehead atoms. The number of rotatable bonds is 6. The van der Waals surface area contributed by atoms with Gasteiger partial charge in [0.05, 0.1) is 25.0 Å². The van der Waals surface area contributed by atoms with E-state index in [2.05, 4.69) is 17.3 Å². The summed E-state index contributed by atoms with van der Waals surface area (Å²) in [4.78, 5) is 27.3. The fourth-order valence-corrected chi connectivity index (χ4v) is 3.90. The number of amides is 1. The zero-order valence-corrected chi connectivity index (χ0v) is 16.6. The van der Waals surface area contributed by atoms with Crippen LogP contribution in [-0.4, -0.2) is 41.4 Å². The van der Waals surface area contributed by atoms with Gasteiger partial charge in [-0.2, -0.15) is 5.10 Å². The molecule has 1 aliphatic heterocycles. The second-order valence-electron chi connectivity index (χ2n) is 8.02. The molecule has 27 heavy (non-hydrogen) atoms. The van der Waals surface area contributed by atoms with Crippen LogP contribution in [0.2, 0.25) is 0 Å². The number of likely N-dealkylation sites (tertiary alicyclic amines) is 1. The Morgan fingerprint density at radius 2 is 1.93 bits per heavy atom. The Morgan fingerprint density at radius 3 is 2.56 bits per heavy atom. The molecule has 6 heteroatoms. The van der Waals surface area contributed by atoms with E-state index in [9.17, 15) is 9.59 Å². The quantitative estimate of drug-likeness (QED) is 0.803. The summed E-state index contributed by atoms with van der Waals surface area (Å²) >= 11 is 0. The molecule has 0 aliphatic carbocycles. The van der Waals surface area contributed by atoms with Gasteiger partial charge in [0.2, 0.25) is 0 Å². The maximum Gasteiger partial charge on any atom is 0.274 e. The van der Waals surface area contributed by atoms with Crippen molar-refractivity contribution in [1.82, 2.24) is 15.1 Å². The van der Waals surface area contributed by atoms with Crippen molar-refractivity contribution in [3.8, 4) is 0 Å². The molecule has 1 fully saturated rings. The summed E-state index contributed by atoms with van der Waals surface area (Å²) in [6, 6.07) is 7.45. The van der Waals surface area contributed by atoms with Crippen molar-refractivity contribution in [2.24, 2.45) is 5.92 Å². The summed E-state index contributed by atoms with van der Waals surface area (Å²) in [6.07, 6.45) is 3.18. The molecular formula is C21H31N4O2+. The number of benzene rings is 1. The van der Waals surface area contributed by atoms with Gasteiger partial charge in [-0.05, 0) is 18.4 Å². The van der Waals surface area contributed by atoms with Gasteiger partial charge in [-0.25, -0.2) is 4.68 Å². The Bertz CT molecular complexity index is 851. The largest absolute Gasteiger partial charge is 0.347 e. The monoisotopic (exact) mass is 371 g/mol. The van der Waals surface area contributed by atoms with E-state index in [0.717, 1.165) is 25.9 Å². The van der Waals surface area contributed by atoms with Crippen molar-refractivity contribution in [3.63, 3.8) is 0 Å². The SMILES string of the molecule is CCC[NH+]1CCC(NC(=O)c2nn(CC(C)C)c(=O)c3ccccc23)CC1. The van der Waals surface area contributed by atoms with Crippen molar-refractivity contribution in [2.75, 3.05) is 19.6 Å². The van der Waals surface area contributed by atoms with Gasteiger partial charge in [0.1, 0.15) is 0 Å². The van der Waals surface area contributed by atoms with Crippen LogP contribution >= 0.6 is 0 Å². The molecule has 146 valence electrons. The topological polar surface area (TPSA) is 68.4 Å². The van der Waals surface area contributed by atoms with E-state index in [1.54, 1.807) is 11.0 Å².